The molecule has 0 spiro atoms. The smallest absolute Gasteiger partial charge is 0 e. The molecule has 0 saturated carbocycles. The summed E-state index contributed by atoms with van der Waals surface area (Å²) in [6, 6.07) is 0. The Morgan fingerprint density at radius 2 is 1.50 bits per heavy atom. The predicted octanol–water partition coefficient (Wildman–Crippen LogP) is 0.0974. The van der Waals surface area contributed by atoms with Crippen LogP contribution in [-0.2, 0) is 28.8 Å². The van der Waals surface area contributed by atoms with Crippen molar-refractivity contribution < 1.29 is 39.0 Å². The van der Waals surface area contributed by atoms with Gasteiger partial charge >= 0.3 is 22.6 Å². The van der Waals surface area contributed by atoms with E-state index in [-0.39, 0.29) is 31.3 Å². The number of aliphatic hydroxyl groups excluding tert-OH is 1. The molecular formula is C7H8O4Rh-. The minimum absolute atomic E-state index is 0. The summed E-state index contributed by atoms with van der Waals surface area (Å²) in [7, 11) is 0. The number of allylic oxidation sites excluding steroid dienone is 1. The van der Waals surface area contributed by atoms with Crippen molar-refractivity contribution in [1.82, 2.24) is 0 Å². The Balaban J connectivity index is -0.0000000560. The van der Waals surface area contributed by atoms with Gasteiger partial charge in [0.2, 0.25) is 0 Å². The van der Waals surface area contributed by atoms with Gasteiger partial charge in [0.05, 0.1) is 0 Å². The Morgan fingerprint density at radius 1 is 1.25 bits per heavy atom. The molecule has 4 nitrogen and oxygen atoms in total. The summed E-state index contributed by atoms with van der Waals surface area (Å²) in [6.45, 7) is 11.8. The predicted molar refractivity (Wildman–Crippen MR) is 32.5 cm³/mol. The van der Waals surface area contributed by atoms with Gasteiger partial charge in [-0.25, -0.2) is 0 Å². The summed E-state index contributed by atoms with van der Waals surface area (Å²) >= 11 is 0. The van der Waals surface area contributed by atoms with Crippen molar-refractivity contribution >= 4 is 0 Å². The third-order valence-corrected chi connectivity index (χ3v) is 0.412. The summed E-state index contributed by atoms with van der Waals surface area (Å²) in [5.74, 6) is -0.125. The SMILES string of the molecule is C[C](O)C=C(C)[O-].[C-]#[O+].[C-]#[O+].[Rh]. The van der Waals surface area contributed by atoms with E-state index in [1.165, 1.54) is 19.9 Å². The zero-order chi connectivity index (χ0) is 9.86. The third-order valence-electron chi connectivity index (χ3n) is 0.412. The van der Waals surface area contributed by atoms with Crippen molar-refractivity contribution in [3.05, 3.63) is 31.2 Å². The maximum atomic E-state index is 10.0. The molecule has 0 aromatic carbocycles. The van der Waals surface area contributed by atoms with Gasteiger partial charge in [-0.2, -0.15) is 0 Å². The largest absolute Gasteiger partial charge is 0 e. The van der Waals surface area contributed by atoms with Gasteiger partial charge in [0, 0.05) is 19.5 Å². The van der Waals surface area contributed by atoms with E-state index in [1.807, 2.05) is 0 Å². The first kappa shape index (κ1) is 22.6. The molecule has 70 valence electrons. The van der Waals surface area contributed by atoms with Crippen molar-refractivity contribution in [2.45, 2.75) is 13.8 Å². The molecule has 0 saturated heterocycles. The van der Waals surface area contributed by atoms with Gasteiger partial charge < -0.3 is 10.2 Å². The van der Waals surface area contributed by atoms with Crippen LogP contribution in [-0.4, -0.2) is 5.11 Å². The zero-order valence-corrected chi connectivity index (χ0v) is 8.22. The summed E-state index contributed by atoms with van der Waals surface area (Å²) in [4.78, 5) is 0. The molecule has 0 bridgehead atoms. The van der Waals surface area contributed by atoms with E-state index in [0.717, 1.165) is 0 Å². The maximum absolute atomic E-state index is 10.0. The monoisotopic (exact) mass is 259 g/mol. The van der Waals surface area contributed by atoms with Crippen LogP contribution in [0.15, 0.2) is 11.8 Å². The first-order valence-electron chi connectivity index (χ1n) is 2.41. The fraction of sp³-hybridized carbons (Fsp3) is 0.286. The molecule has 0 rings (SSSR count). The molecule has 1 N–H and O–H groups in total. The Labute approximate surface area is 84.5 Å². The molecule has 0 heterocycles. The molecule has 0 aromatic heterocycles. The van der Waals surface area contributed by atoms with Crippen LogP contribution in [0, 0.1) is 19.4 Å². The van der Waals surface area contributed by atoms with Crippen LogP contribution in [0.25, 0.3) is 0 Å². The molecule has 0 aliphatic heterocycles. The molecule has 2 radical (unpaired) electrons. The second kappa shape index (κ2) is 22.4. The number of aliphatic hydroxyl groups is 1. The van der Waals surface area contributed by atoms with Crippen LogP contribution in [0.3, 0.4) is 0 Å². The summed E-state index contributed by atoms with van der Waals surface area (Å²) in [6.07, 6.45) is 1.23. The topological polar surface area (TPSA) is 83.1 Å². The van der Waals surface area contributed by atoms with Crippen LogP contribution < -0.4 is 5.11 Å². The van der Waals surface area contributed by atoms with Crippen LogP contribution in [0.4, 0.5) is 0 Å². The van der Waals surface area contributed by atoms with Gasteiger partial charge in [-0.1, -0.05) is 13.0 Å². The molecule has 0 aliphatic rings. The maximum Gasteiger partial charge on any atom is 0 e. The van der Waals surface area contributed by atoms with E-state index in [0.29, 0.717) is 0 Å². The fourth-order valence-electron chi connectivity index (χ4n) is 0.294. The van der Waals surface area contributed by atoms with Crippen LogP contribution in [0.5, 0.6) is 0 Å². The normalized spacial score (nSPS) is 7.83. The van der Waals surface area contributed by atoms with Crippen LogP contribution in [0.2, 0.25) is 0 Å². The quantitative estimate of drug-likeness (QED) is 0.313. The Bertz CT molecular complexity index is 127. The zero-order valence-electron chi connectivity index (χ0n) is 6.58. The van der Waals surface area contributed by atoms with Crippen molar-refractivity contribution in [2.75, 3.05) is 0 Å². The second-order valence-electron chi connectivity index (χ2n) is 1.40. The van der Waals surface area contributed by atoms with Gasteiger partial charge in [0.1, 0.15) is 6.10 Å². The van der Waals surface area contributed by atoms with Gasteiger partial charge in [0.15, 0.2) is 0 Å². The minimum atomic E-state index is -0.125. The summed E-state index contributed by atoms with van der Waals surface area (Å²) < 4.78 is 15.0. The molecular weight excluding hydrogens is 251 g/mol. The third kappa shape index (κ3) is 54.7. The fourth-order valence-corrected chi connectivity index (χ4v) is 0.294. The first-order valence-corrected chi connectivity index (χ1v) is 2.41. The number of hydrogen-bond donors (Lipinski definition) is 1. The van der Waals surface area contributed by atoms with E-state index < -0.39 is 0 Å². The molecule has 0 atom stereocenters. The molecule has 0 fully saturated rings. The molecule has 0 amide bonds. The second-order valence-corrected chi connectivity index (χ2v) is 1.40. The Morgan fingerprint density at radius 3 is 1.50 bits per heavy atom. The van der Waals surface area contributed by atoms with Crippen molar-refractivity contribution in [3.63, 3.8) is 0 Å². The summed E-state index contributed by atoms with van der Waals surface area (Å²) in [5, 5.41) is 18.4. The molecule has 5 heteroatoms. The Hall–Kier alpha value is -0.397. The molecule has 0 unspecified atom stereocenters. The van der Waals surface area contributed by atoms with E-state index in [9.17, 15) is 5.11 Å². The molecule has 12 heavy (non-hydrogen) atoms. The van der Waals surface area contributed by atoms with Crippen molar-refractivity contribution in [1.29, 1.82) is 0 Å². The average Bonchev–Trinajstić information content (AvgIpc) is 1.93. The van der Waals surface area contributed by atoms with E-state index in [1.54, 1.807) is 0 Å². The van der Waals surface area contributed by atoms with Crippen molar-refractivity contribution in [2.24, 2.45) is 0 Å². The van der Waals surface area contributed by atoms with Crippen molar-refractivity contribution in [3.8, 4) is 0 Å². The van der Waals surface area contributed by atoms with E-state index >= 15 is 0 Å². The van der Waals surface area contributed by atoms with Gasteiger partial charge in [-0.05, 0) is 6.92 Å². The first-order chi connectivity index (χ1) is 5.13. The van der Waals surface area contributed by atoms with Gasteiger partial charge in [-0.3, -0.25) is 0 Å². The summed E-state index contributed by atoms with van der Waals surface area (Å²) in [5.41, 5.74) is 0. The van der Waals surface area contributed by atoms with Gasteiger partial charge in [-0.15, -0.1) is 5.76 Å². The van der Waals surface area contributed by atoms with Crippen LogP contribution in [0.1, 0.15) is 13.8 Å². The van der Waals surface area contributed by atoms with E-state index in [2.05, 4.69) is 13.3 Å². The minimum Gasteiger partial charge on any atom is 0 e. The molecule has 0 aliphatic carbocycles. The average molecular weight is 259 g/mol. The number of hydrogen-bond acceptors (Lipinski definition) is 2. The van der Waals surface area contributed by atoms with Crippen LogP contribution >= 0.6 is 0 Å². The number of rotatable bonds is 1. The van der Waals surface area contributed by atoms with E-state index in [4.69, 9.17) is 14.4 Å². The molecule has 0 aromatic rings. The van der Waals surface area contributed by atoms with Gasteiger partial charge in [0.25, 0.3) is 0 Å². The standard InChI is InChI=1S/C5H9O2.2CO.Rh/c1-4(6)3-5(2)7;2*1-2;/h3,6-7H,1-2H3;;;/p-1. The Kier molecular flexibility index (Phi) is 42.2.